The summed E-state index contributed by atoms with van der Waals surface area (Å²) in [6.45, 7) is 0. The van der Waals surface area contributed by atoms with Crippen molar-refractivity contribution in [1.82, 2.24) is 9.99 Å². The fourth-order valence-corrected chi connectivity index (χ4v) is 2.85. The number of primary amides is 1. The number of nitrogens with zero attached hydrogens (tertiary/aromatic N) is 2. The molecule has 23 heavy (non-hydrogen) atoms. The number of rotatable bonds is 3. The number of fused-ring (bicyclic) bond motifs is 1. The van der Waals surface area contributed by atoms with Crippen molar-refractivity contribution in [3.63, 3.8) is 0 Å². The van der Waals surface area contributed by atoms with E-state index < -0.39 is 12.1 Å². The Hall–Kier alpha value is -2.63. The minimum absolute atomic E-state index is 0.556. The molecule has 1 atom stereocenters. The number of aromatic nitrogens is 1. The maximum Gasteiger partial charge on any atom is 0.329 e. The number of urea groups is 1. The van der Waals surface area contributed by atoms with Crippen molar-refractivity contribution in [3.05, 3.63) is 76.9 Å². The molecule has 0 aliphatic carbocycles. The third-order valence-corrected chi connectivity index (χ3v) is 3.91. The zero-order valence-electron chi connectivity index (χ0n) is 12.2. The molecule has 0 saturated heterocycles. The van der Waals surface area contributed by atoms with Gasteiger partial charge in [-0.15, -0.1) is 0 Å². The van der Waals surface area contributed by atoms with Gasteiger partial charge in [0.05, 0.1) is 5.52 Å². The lowest BCUT2D eigenvalue weighted by atomic mass is 9.95. The molecule has 0 aliphatic rings. The first-order valence-electron chi connectivity index (χ1n) is 7.00. The number of amides is 2. The van der Waals surface area contributed by atoms with Gasteiger partial charge in [-0.3, -0.25) is 9.99 Å². The van der Waals surface area contributed by atoms with Crippen molar-refractivity contribution in [3.8, 4) is 0 Å². The van der Waals surface area contributed by atoms with Gasteiger partial charge in [-0.05, 0) is 35.4 Å². The molecule has 0 aliphatic heterocycles. The highest BCUT2D eigenvalue weighted by Crippen LogP contribution is 2.32. The van der Waals surface area contributed by atoms with Crippen molar-refractivity contribution in [2.45, 2.75) is 6.04 Å². The molecule has 2 aromatic carbocycles. The molecule has 6 heteroatoms. The van der Waals surface area contributed by atoms with Gasteiger partial charge >= 0.3 is 6.03 Å². The number of halogens is 1. The fourth-order valence-electron chi connectivity index (χ4n) is 2.65. The SMILES string of the molecule is NC(=O)N(N)C(c1cccc(Cl)c1)c1ccnc2ccccc12. The maximum absolute atomic E-state index is 11.7. The van der Waals surface area contributed by atoms with E-state index in [1.807, 2.05) is 42.5 Å². The van der Waals surface area contributed by atoms with Crippen LogP contribution in [0.25, 0.3) is 10.9 Å². The van der Waals surface area contributed by atoms with Gasteiger partial charge in [-0.25, -0.2) is 10.6 Å². The van der Waals surface area contributed by atoms with Gasteiger partial charge in [0.15, 0.2) is 0 Å². The zero-order valence-corrected chi connectivity index (χ0v) is 12.9. The number of benzene rings is 2. The fraction of sp³-hybridized carbons (Fsp3) is 0.0588. The van der Waals surface area contributed by atoms with E-state index in [0.29, 0.717) is 5.02 Å². The van der Waals surface area contributed by atoms with Gasteiger partial charge in [-0.1, -0.05) is 41.9 Å². The quantitative estimate of drug-likeness (QED) is 0.440. The van der Waals surface area contributed by atoms with Gasteiger partial charge in [0.1, 0.15) is 6.04 Å². The smallest absolute Gasteiger partial charge is 0.329 e. The number of nitrogens with two attached hydrogens (primary N) is 2. The first-order valence-corrected chi connectivity index (χ1v) is 7.38. The summed E-state index contributed by atoms with van der Waals surface area (Å²) < 4.78 is 0. The highest BCUT2D eigenvalue weighted by atomic mass is 35.5. The molecule has 4 N–H and O–H groups in total. The van der Waals surface area contributed by atoms with Crippen LogP contribution in [0.1, 0.15) is 17.2 Å². The van der Waals surface area contributed by atoms with Gasteiger partial charge in [0, 0.05) is 16.6 Å². The predicted molar refractivity (Wildman–Crippen MR) is 90.6 cm³/mol. The molecule has 1 aromatic heterocycles. The summed E-state index contributed by atoms with van der Waals surface area (Å²) in [4.78, 5) is 16.0. The summed E-state index contributed by atoms with van der Waals surface area (Å²) in [5, 5.41) is 2.47. The van der Waals surface area contributed by atoms with Gasteiger partial charge in [0.25, 0.3) is 0 Å². The molecule has 1 heterocycles. The van der Waals surface area contributed by atoms with E-state index in [0.717, 1.165) is 27.0 Å². The lowest BCUT2D eigenvalue weighted by molar-refractivity contribution is 0.195. The molecule has 3 rings (SSSR count). The Morgan fingerprint density at radius 3 is 2.65 bits per heavy atom. The van der Waals surface area contributed by atoms with E-state index in [1.165, 1.54) is 0 Å². The minimum Gasteiger partial charge on any atom is -0.350 e. The number of hydrogen-bond acceptors (Lipinski definition) is 3. The van der Waals surface area contributed by atoms with Crippen LogP contribution in [-0.4, -0.2) is 16.0 Å². The molecule has 0 spiro atoms. The molecular weight excluding hydrogens is 312 g/mol. The summed E-state index contributed by atoms with van der Waals surface area (Å²) in [6, 6.07) is 15.4. The van der Waals surface area contributed by atoms with E-state index in [1.54, 1.807) is 18.3 Å². The highest BCUT2D eigenvalue weighted by Gasteiger charge is 2.25. The Morgan fingerprint density at radius 2 is 1.91 bits per heavy atom. The van der Waals surface area contributed by atoms with Crippen molar-refractivity contribution < 1.29 is 4.79 Å². The third-order valence-electron chi connectivity index (χ3n) is 3.67. The van der Waals surface area contributed by atoms with Gasteiger partial charge < -0.3 is 5.73 Å². The lowest BCUT2D eigenvalue weighted by Crippen LogP contribution is -2.44. The standard InChI is InChI=1S/C17H15ClN4O/c18-12-5-3-4-11(10-12)16(22(20)17(19)23)14-8-9-21-15-7-2-1-6-13(14)15/h1-10,16H,20H2,(H2,19,23). The molecule has 116 valence electrons. The molecule has 3 aromatic rings. The molecule has 0 saturated carbocycles. The highest BCUT2D eigenvalue weighted by molar-refractivity contribution is 6.30. The first kappa shape index (κ1) is 15.3. The summed E-state index contributed by atoms with van der Waals surface area (Å²) in [6.07, 6.45) is 1.68. The number of pyridine rings is 1. The lowest BCUT2D eigenvalue weighted by Gasteiger charge is -2.27. The Morgan fingerprint density at radius 1 is 1.13 bits per heavy atom. The predicted octanol–water partition coefficient (Wildman–Crippen LogP) is 3.23. The monoisotopic (exact) mass is 326 g/mol. The van der Waals surface area contributed by atoms with E-state index in [-0.39, 0.29) is 0 Å². The van der Waals surface area contributed by atoms with Crippen LogP contribution < -0.4 is 11.6 Å². The molecule has 5 nitrogen and oxygen atoms in total. The van der Waals surface area contributed by atoms with Crippen molar-refractivity contribution >= 4 is 28.5 Å². The Bertz CT molecular complexity index is 863. The van der Waals surface area contributed by atoms with Crippen LogP contribution in [-0.2, 0) is 0 Å². The Balaban J connectivity index is 2.24. The summed E-state index contributed by atoms with van der Waals surface area (Å²) in [7, 11) is 0. The maximum atomic E-state index is 11.7. The molecular formula is C17H15ClN4O. The van der Waals surface area contributed by atoms with Crippen LogP contribution in [0.3, 0.4) is 0 Å². The normalized spacial score (nSPS) is 12.1. The van der Waals surface area contributed by atoms with E-state index >= 15 is 0 Å². The van der Waals surface area contributed by atoms with Crippen LogP contribution in [0.2, 0.25) is 5.02 Å². The number of carbonyl (C=O) groups excluding carboxylic acids is 1. The minimum atomic E-state index is -0.726. The number of carbonyl (C=O) groups is 1. The van der Waals surface area contributed by atoms with E-state index in [2.05, 4.69) is 4.98 Å². The van der Waals surface area contributed by atoms with Gasteiger partial charge in [-0.2, -0.15) is 0 Å². The van der Waals surface area contributed by atoms with Crippen molar-refractivity contribution in [1.29, 1.82) is 0 Å². The number of hydrazine groups is 1. The Labute approximate surface area is 138 Å². The van der Waals surface area contributed by atoms with Gasteiger partial charge in [0.2, 0.25) is 0 Å². The average molecular weight is 327 g/mol. The van der Waals surface area contributed by atoms with Crippen molar-refractivity contribution in [2.24, 2.45) is 11.6 Å². The van der Waals surface area contributed by atoms with E-state index in [4.69, 9.17) is 23.2 Å². The van der Waals surface area contributed by atoms with Crippen LogP contribution in [0.4, 0.5) is 4.79 Å². The molecule has 0 fully saturated rings. The Kier molecular flexibility index (Phi) is 4.14. The third kappa shape index (κ3) is 2.97. The second kappa shape index (κ2) is 6.24. The molecule has 1 unspecified atom stereocenters. The van der Waals surface area contributed by atoms with Crippen LogP contribution in [0, 0.1) is 0 Å². The van der Waals surface area contributed by atoms with Crippen LogP contribution >= 0.6 is 11.6 Å². The second-order valence-electron chi connectivity index (χ2n) is 5.12. The van der Waals surface area contributed by atoms with Crippen LogP contribution in [0.5, 0.6) is 0 Å². The number of hydrogen-bond donors (Lipinski definition) is 2. The number of para-hydroxylation sites is 1. The van der Waals surface area contributed by atoms with Crippen LogP contribution in [0.15, 0.2) is 60.8 Å². The molecule has 0 radical (unpaired) electrons. The average Bonchev–Trinajstić information content (AvgIpc) is 2.55. The summed E-state index contributed by atoms with van der Waals surface area (Å²) in [5.74, 6) is 5.96. The molecule has 0 bridgehead atoms. The first-order chi connectivity index (χ1) is 11.1. The second-order valence-corrected chi connectivity index (χ2v) is 5.56. The zero-order chi connectivity index (χ0) is 16.4. The largest absolute Gasteiger partial charge is 0.350 e. The summed E-state index contributed by atoms with van der Waals surface area (Å²) >= 11 is 6.09. The van der Waals surface area contributed by atoms with Crippen molar-refractivity contribution in [2.75, 3.05) is 0 Å². The topological polar surface area (TPSA) is 85.2 Å². The van der Waals surface area contributed by atoms with E-state index in [9.17, 15) is 4.79 Å². The summed E-state index contributed by atoms with van der Waals surface area (Å²) in [5.41, 5.74) is 7.83. The molecule has 2 amide bonds.